The normalized spacial score (nSPS) is 13.5. The van der Waals surface area contributed by atoms with Gasteiger partial charge in [0.25, 0.3) is 0 Å². The van der Waals surface area contributed by atoms with Crippen LogP contribution in [0.2, 0.25) is 0 Å². The van der Waals surface area contributed by atoms with Crippen LogP contribution in [0.1, 0.15) is 19.8 Å². The topological polar surface area (TPSA) is 66.4 Å². The predicted molar refractivity (Wildman–Crippen MR) is 74.8 cm³/mol. The highest BCUT2D eigenvalue weighted by molar-refractivity contribution is 9.10. The molecule has 0 saturated carbocycles. The minimum absolute atomic E-state index is 0.136. The van der Waals surface area contributed by atoms with Crippen molar-refractivity contribution in [2.24, 2.45) is 5.92 Å². The Kier molecular flexibility index (Phi) is 6.28. The molecule has 0 amide bonds. The fourth-order valence-electron chi connectivity index (χ4n) is 1.49. The second-order valence-electron chi connectivity index (χ2n) is 4.26. The molecule has 6 heteroatoms. The summed E-state index contributed by atoms with van der Waals surface area (Å²) in [7, 11) is -3.45. The first-order chi connectivity index (χ1) is 8.47. The van der Waals surface area contributed by atoms with Crippen molar-refractivity contribution in [1.29, 1.82) is 0 Å². The lowest BCUT2D eigenvalue weighted by Crippen LogP contribution is -2.25. The van der Waals surface area contributed by atoms with E-state index in [1.165, 1.54) is 0 Å². The molecule has 0 aliphatic heterocycles. The van der Waals surface area contributed by atoms with Crippen molar-refractivity contribution in [3.8, 4) is 0 Å². The molecule has 102 valence electrons. The number of aliphatic hydroxyl groups is 1. The molecule has 0 bridgehead atoms. The molecule has 0 aliphatic carbocycles. The Hall–Kier alpha value is -0.430. The Morgan fingerprint density at radius 3 is 2.67 bits per heavy atom. The lowest BCUT2D eigenvalue weighted by molar-refractivity contribution is 0.228. The zero-order valence-corrected chi connectivity index (χ0v) is 12.7. The first-order valence-electron chi connectivity index (χ1n) is 5.82. The van der Waals surface area contributed by atoms with Gasteiger partial charge >= 0.3 is 0 Å². The third kappa shape index (κ3) is 4.68. The molecule has 18 heavy (non-hydrogen) atoms. The average Bonchev–Trinajstić information content (AvgIpc) is 2.34. The van der Waals surface area contributed by atoms with Gasteiger partial charge in [0.2, 0.25) is 10.0 Å². The zero-order chi connectivity index (χ0) is 13.6. The SMILES string of the molecule is CC(CO)CCCNS(=O)(=O)c1ccccc1Br. The Bertz CT molecular complexity index is 476. The Morgan fingerprint density at radius 1 is 1.39 bits per heavy atom. The van der Waals surface area contributed by atoms with E-state index in [1.54, 1.807) is 24.3 Å². The molecule has 1 aromatic carbocycles. The van der Waals surface area contributed by atoms with E-state index in [1.807, 2.05) is 6.92 Å². The molecule has 0 fully saturated rings. The molecule has 0 radical (unpaired) electrons. The van der Waals surface area contributed by atoms with Crippen molar-refractivity contribution in [3.05, 3.63) is 28.7 Å². The molecular weight excluding hydrogens is 318 g/mol. The Balaban J connectivity index is 2.54. The van der Waals surface area contributed by atoms with Crippen LogP contribution in [-0.4, -0.2) is 26.7 Å². The summed E-state index contributed by atoms with van der Waals surface area (Å²) in [5.41, 5.74) is 0. The molecule has 0 spiro atoms. The summed E-state index contributed by atoms with van der Waals surface area (Å²) < 4.78 is 27.1. The van der Waals surface area contributed by atoms with Gasteiger partial charge in [-0.05, 0) is 46.8 Å². The second kappa shape index (κ2) is 7.23. The molecule has 4 nitrogen and oxygen atoms in total. The maximum absolute atomic E-state index is 12.0. The highest BCUT2D eigenvalue weighted by Crippen LogP contribution is 2.20. The van der Waals surface area contributed by atoms with Gasteiger partial charge in [0, 0.05) is 17.6 Å². The lowest BCUT2D eigenvalue weighted by Gasteiger charge is -2.10. The van der Waals surface area contributed by atoms with Crippen molar-refractivity contribution in [2.75, 3.05) is 13.2 Å². The number of benzene rings is 1. The number of aliphatic hydroxyl groups excluding tert-OH is 1. The summed E-state index contributed by atoms with van der Waals surface area (Å²) in [6.07, 6.45) is 1.51. The fraction of sp³-hybridized carbons (Fsp3) is 0.500. The molecule has 1 unspecified atom stereocenters. The van der Waals surface area contributed by atoms with Gasteiger partial charge in [0.1, 0.15) is 0 Å². The molecule has 0 aliphatic rings. The minimum Gasteiger partial charge on any atom is -0.396 e. The van der Waals surface area contributed by atoms with E-state index in [0.29, 0.717) is 17.4 Å². The highest BCUT2D eigenvalue weighted by atomic mass is 79.9. The number of hydrogen-bond acceptors (Lipinski definition) is 3. The third-order valence-corrected chi connectivity index (χ3v) is 5.08. The van der Waals surface area contributed by atoms with Gasteiger partial charge in [0.05, 0.1) is 4.90 Å². The smallest absolute Gasteiger partial charge is 0.241 e. The largest absolute Gasteiger partial charge is 0.396 e. The predicted octanol–water partition coefficient (Wildman–Crippen LogP) is 2.14. The summed E-state index contributed by atoms with van der Waals surface area (Å²) in [6, 6.07) is 6.71. The fourth-order valence-corrected chi connectivity index (χ4v) is 3.56. The van der Waals surface area contributed by atoms with Gasteiger partial charge in [-0.2, -0.15) is 0 Å². The molecule has 1 aromatic rings. The first-order valence-corrected chi connectivity index (χ1v) is 8.10. The molecule has 2 N–H and O–H groups in total. The maximum atomic E-state index is 12.0. The number of halogens is 1. The van der Waals surface area contributed by atoms with Gasteiger partial charge in [-0.3, -0.25) is 0 Å². The summed E-state index contributed by atoms with van der Waals surface area (Å²) in [5, 5.41) is 8.86. The standard InChI is InChI=1S/C12H18BrNO3S/c1-10(9-15)5-4-8-14-18(16,17)12-7-3-2-6-11(12)13/h2-3,6-7,10,14-15H,4-5,8-9H2,1H3. The van der Waals surface area contributed by atoms with Crippen LogP contribution in [0.4, 0.5) is 0 Å². The van der Waals surface area contributed by atoms with E-state index in [4.69, 9.17) is 5.11 Å². The van der Waals surface area contributed by atoms with Gasteiger partial charge in [-0.25, -0.2) is 13.1 Å². The van der Waals surface area contributed by atoms with Crippen LogP contribution < -0.4 is 4.72 Å². The van der Waals surface area contributed by atoms with Crippen LogP contribution in [0.25, 0.3) is 0 Å². The van der Waals surface area contributed by atoms with E-state index >= 15 is 0 Å². The molecule has 0 saturated heterocycles. The van der Waals surface area contributed by atoms with Crippen LogP contribution in [0.15, 0.2) is 33.6 Å². The van der Waals surface area contributed by atoms with E-state index in [9.17, 15) is 8.42 Å². The van der Waals surface area contributed by atoms with E-state index in [-0.39, 0.29) is 17.4 Å². The molecule has 1 atom stereocenters. The highest BCUT2D eigenvalue weighted by Gasteiger charge is 2.16. The number of nitrogens with one attached hydrogen (secondary N) is 1. The average molecular weight is 336 g/mol. The van der Waals surface area contributed by atoms with E-state index in [2.05, 4.69) is 20.7 Å². The monoisotopic (exact) mass is 335 g/mol. The molecular formula is C12H18BrNO3S. The zero-order valence-electron chi connectivity index (χ0n) is 10.3. The van der Waals surface area contributed by atoms with Crippen molar-refractivity contribution in [3.63, 3.8) is 0 Å². The van der Waals surface area contributed by atoms with E-state index < -0.39 is 10.0 Å². The summed E-state index contributed by atoms with van der Waals surface area (Å²) >= 11 is 3.22. The Labute approximate surface area is 117 Å². The van der Waals surface area contributed by atoms with Gasteiger partial charge in [0.15, 0.2) is 0 Å². The van der Waals surface area contributed by atoms with Gasteiger partial charge in [-0.15, -0.1) is 0 Å². The molecule has 1 rings (SSSR count). The summed E-state index contributed by atoms with van der Waals surface area (Å²) in [4.78, 5) is 0.250. The molecule has 0 heterocycles. The summed E-state index contributed by atoms with van der Waals surface area (Å²) in [5.74, 6) is 0.206. The second-order valence-corrected chi connectivity index (χ2v) is 6.85. The third-order valence-electron chi connectivity index (χ3n) is 2.60. The number of sulfonamides is 1. The quantitative estimate of drug-likeness (QED) is 0.750. The van der Waals surface area contributed by atoms with Crippen LogP contribution in [0, 0.1) is 5.92 Å². The maximum Gasteiger partial charge on any atom is 0.241 e. The van der Waals surface area contributed by atoms with E-state index in [0.717, 1.165) is 6.42 Å². The van der Waals surface area contributed by atoms with Crippen molar-refractivity contribution in [1.82, 2.24) is 4.72 Å². The van der Waals surface area contributed by atoms with Gasteiger partial charge in [-0.1, -0.05) is 19.1 Å². The van der Waals surface area contributed by atoms with Gasteiger partial charge < -0.3 is 5.11 Å². The number of rotatable bonds is 7. The summed E-state index contributed by atoms with van der Waals surface area (Å²) in [6.45, 7) is 2.45. The van der Waals surface area contributed by atoms with Crippen molar-refractivity contribution >= 4 is 26.0 Å². The van der Waals surface area contributed by atoms with Crippen LogP contribution in [0.5, 0.6) is 0 Å². The lowest BCUT2D eigenvalue weighted by atomic mass is 10.1. The van der Waals surface area contributed by atoms with Crippen molar-refractivity contribution < 1.29 is 13.5 Å². The van der Waals surface area contributed by atoms with Crippen LogP contribution in [0.3, 0.4) is 0 Å². The molecule has 0 aromatic heterocycles. The van der Waals surface area contributed by atoms with Crippen molar-refractivity contribution in [2.45, 2.75) is 24.7 Å². The van der Waals surface area contributed by atoms with Crippen LogP contribution >= 0.6 is 15.9 Å². The van der Waals surface area contributed by atoms with Crippen LogP contribution in [-0.2, 0) is 10.0 Å². The Morgan fingerprint density at radius 2 is 2.06 bits per heavy atom. The minimum atomic E-state index is -3.45. The first kappa shape index (κ1) is 15.6. The number of hydrogen-bond donors (Lipinski definition) is 2.